The molecule has 120 heavy (non-hydrogen) atoms. The van der Waals surface area contributed by atoms with Crippen LogP contribution in [0, 0.1) is 0 Å². The molecule has 0 amide bonds. The molecule has 0 aliphatic carbocycles. The lowest BCUT2D eigenvalue weighted by atomic mass is 9.84. The Hall–Kier alpha value is -12.0. The number of H-pyrrole nitrogens is 2. The van der Waals surface area contributed by atoms with Gasteiger partial charge in [-0.2, -0.15) is 0 Å². The molecule has 3 aromatic heterocycles. The van der Waals surface area contributed by atoms with Gasteiger partial charge < -0.3 is 9.97 Å². The van der Waals surface area contributed by atoms with Gasteiger partial charge in [0.1, 0.15) is 22.6 Å². The normalized spacial score (nSPS) is 13.0. The Balaban J connectivity index is 1.05. The van der Waals surface area contributed by atoms with Gasteiger partial charge in [-0.3, -0.25) is 0 Å². The maximum Gasteiger partial charge on any atom is 0.164 e. The van der Waals surface area contributed by atoms with Crippen molar-refractivity contribution in [1.82, 2.24) is 39.9 Å². The summed E-state index contributed by atoms with van der Waals surface area (Å²) in [5.74, 6) is 2.04. The third-order valence-electron chi connectivity index (χ3n) is 24.9. The predicted octanol–water partition coefficient (Wildman–Crippen LogP) is 30.6. The van der Waals surface area contributed by atoms with Crippen LogP contribution in [0.1, 0.15) is 211 Å². The number of hydrogen-bond donors (Lipinski definition) is 2. The van der Waals surface area contributed by atoms with E-state index < -0.39 is 0 Å². The quantitative estimate of drug-likeness (QED) is 0.157. The number of aromatic amines is 2. The maximum absolute atomic E-state index is 5.95. The lowest BCUT2D eigenvalue weighted by Crippen LogP contribution is -2.10. The summed E-state index contributed by atoms with van der Waals surface area (Å²) in [4.78, 5) is 43.3. The number of hydrogen-bond acceptors (Lipinski definition) is 6. The molecule has 2 N–H and O–H groups in total. The Morgan fingerprint density at radius 2 is 0.275 bits per heavy atom. The zero-order chi connectivity index (χ0) is 85.0. The molecule has 0 spiro atoms. The van der Waals surface area contributed by atoms with E-state index in [0.717, 1.165) is 133 Å². The summed E-state index contributed by atoms with van der Waals surface area (Å²) in [6, 6.07) is 91.7. The van der Waals surface area contributed by atoms with Crippen LogP contribution in [0.25, 0.3) is 179 Å². The van der Waals surface area contributed by atoms with Crippen molar-refractivity contribution in [2.24, 2.45) is 0 Å². The Labute approximate surface area is 710 Å². The molecule has 0 fully saturated rings. The monoisotopic (exact) mass is 1570 g/mol. The Kier molecular flexibility index (Phi) is 19.4. The van der Waals surface area contributed by atoms with Crippen molar-refractivity contribution in [3.05, 3.63) is 287 Å². The molecule has 0 atom stereocenters. The largest absolute Gasteiger partial charge is 0.324 e. The molecule has 5 heterocycles. The zero-order valence-corrected chi connectivity index (χ0v) is 74.8. The first-order valence-electron chi connectivity index (χ1n) is 42.9. The number of nitrogens with zero attached hydrogens (tertiary/aromatic N) is 6. The Morgan fingerprint density at radius 3 is 0.400 bits per heavy atom. The van der Waals surface area contributed by atoms with Crippen LogP contribution in [0.4, 0.5) is 0 Å². The van der Waals surface area contributed by atoms with Crippen LogP contribution in [-0.4, -0.2) is 39.9 Å². The molecular weight excluding hydrogens is 1460 g/mol. The van der Waals surface area contributed by atoms with Crippen molar-refractivity contribution >= 4 is 44.1 Å². The summed E-state index contributed by atoms with van der Waals surface area (Å²) >= 11 is 0. The van der Waals surface area contributed by atoms with E-state index >= 15 is 0 Å². The second-order valence-corrected chi connectivity index (χ2v) is 42.0. The molecule has 15 aromatic rings. The van der Waals surface area contributed by atoms with Crippen molar-refractivity contribution in [2.45, 2.75) is 209 Å². The highest BCUT2D eigenvalue weighted by Gasteiger charge is 2.31. The second-order valence-electron chi connectivity index (χ2n) is 42.0. The maximum atomic E-state index is 5.95. The Bertz CT molecular complexity index is 5900. The third kappa shape index (κ3) is 15.3. The first-order valence-corrected chi connectivity index (χ1v) is 42.9. The molecular formula is C112H114N8. The molecule has 2 aliphatic rings. The molecule has 602 valence electrons. The van der Waals surface area contributed by atoms with Crippen LogP contribution in [-0.2, 0) is 43.3 Å². The number of fused-ring (bicyclic) bond motifs is 20. The molecule has 8 heteroatoms. The molecule has 8 nitrogen and oxygen atoms in total. The van der Waals surface area contributed by atoms with Crippen molar-refractivity contribution < 1.29 is 0 Å². The minimum absolute atomic E-state index is 0.0610. The van der Waals surface area contributed by atoms with Gasteiger partial charge in [-0.05, 0) is 225 Å². The number of benzene rings is 12. The lowest BCUT2D eigenvalue weighted by molar-refractivity contribution is 0.590. The molecule has 8 bridgehead atoms. The minimum Gasteiger partial charge on any atom is -0.324 e. The minimum atomic E-state index is -0.0615. The second kappa shape index (κ2) is 28.9. The molecule has 0 saturated carbocycles. The summed E-state index contributed by atoms with van der Waals surface area (Å²) < 4.78 is 0. The number of nitrogens with one attached hydrogen (secondary N) is 2. The average Bonchev–Trinajstić information content (AvgIpc) is 1.57. The fraction of sp³-hybridized carbons (Fsp3) is 0.286. The van der Waals surface area contributed by atoms with Crippen LogP contribution in [0.15, 0.2) is 243 Å². The van der Waals surface area contributed by atoms with Gasteiger partial charge in [-0.1, -0.05) is 360 Å². The summed E-state index contributed by atoms with van der Waals surface area (Å²) in [7, 11) is 0. The summed E-state index contributed by atoms with van der Waals surface area (Å²) in [5, 5.41) is 3.50. The standard InChI is InChI=1S/C112H114N8/c1-105(2,3)73-41-25-65(26-42-73)81-57-89-90(58-82(81)66-27-43-74(44-28-66)106(4,5)6)98-113-97(89)117-99-91-59-83(67-29-45-75(46-30-67)107(7,8)9)84(68-31-47-76(48-32-68)108(10,11)12)60-92(91)101(114-99)119-103-95-63-87(71-37-53-79(54-38-71)111(19,20)21)88(72-39-55-80(56-40-72)112(22,23)24)64-96(95)104(116-103)120-102-94-62-86(70-35-51-78(52-36-70)110(16,17)18)85(61-93(94)100(115-102)118-98)69-33-49-77(50-34-69)109(13,14)15/h25-64H,1-24H3,(H2,113,114,115,116,117,118,119,120). The summed E-state index contributed by atoms with van der Waals surface area (Å²) in [6.07, 6.45) is 0. The van der Waals surface area contributed by atoms with Crippen LogP contribution in [0.5, 0.6) is 0 Å². The van der Waals surface area contributed by atoms with Gasteiger partial charge in [-0.15, -0.1) is 0 Å². The highest BCUT2D eigenvalue weighted by molar-refractivity contribution is 6.12. The van der Waals surface area contributed by atoms with Gasteiger partial charge in [-0.25, -0.2) is 29.9 Å². The number of aromatic nitrogens is 8. The molecule has 2 aliphatic heterocycles. The number of rotatable bonds is 8. The van der Waals surface area contributed by atoms with E-state index in [2.05, 4.69) is 419 Å². The van der Waals surface area contributed by atoms with E-state index in [9.17, 15) is 0 Å². The fourth-order valence-electron chi connectivity index (χ4n) is 17.1. The van der Waals surface area contributed by atoms with E-state index in [-0.39, 0.29) is 43.3 Å². The van der Waals surface area contributed by atoms with Gasteiger partial charge in [0.15, 0.2) is 23.3 Å². The van der Waals surface area contributed by atoms with Gasteiger partial charge in [0, 0.05) is 43.8 Å². The first kappa shape index (κ1) is 80.4. The van der Waals surface area contributed by atoms with Crippen LogP contribution >= 0.6 is 0 Å². The highest BCUT2D eigenvalue weighted by Crippen LogP contribution is 2.50. The smallest absolute Gasteiger partial charge is 0.164 e. The average molecular weight is 1570 g/mol. The highest BCUT2D eigenvalue weighted by atomic mass is 15.1. The summed E-state index contributed by atoms with van der Waals surface area (Å²) in [5.41, 5.74) is 32.5. The van der Waals surface area contributed by atoms with Crippen LogP contribution in [0.3, 0.4) is 0 Å². The fourth-order valence-corrected chi connectivity index (χ4v) is 17.1. The van der Waals surface area contributed by atoms with Crippen molar-refractivity contribution in [2.75, 3.05) is 0 Å². The Morgan fingerprint density at radius 1 is 0.150 bits per heavy atom. The topological polar surface area (TPSA) is 109 Å². The SMILES string of the molecule is CC(C)(C)c1ccc(-c2cc3c(cc2-c2ccc(C(C)(C)C)cc2)-c2nc-3nc3[nH]c(nc4nc(nc5[nH]c(n2)c2cc(-c6ccc(C(C)(C)C)cc6)c(-c6ccc(C(C)(C)C)cc6)cc52)-c2cc(-c5ccc(C(C)(C)C)cc5)c(-c5ccc(C(C)(C)C)cc5)cc2-4)c2cc(-c4ccc(C(C)(C)C)cc4)c(-c4ccc(C(C)(C)C)cc4)cc32)cc1. The van der Waals surface area contributed by atoms with Gasteiger partial charge >= 0.3 is 0 Å². The van der Waals surface area contributed by atoms with Crippen LogP contribution in [0.2, 0.25) is 0 Å². The van der Waals surface area contributed by atoms with E-state index in [4.69, 9.17) is 29.9 Å². The summed E-state index contributed by atoms with van der Waals surface area (Å²) in [6.45, 7) is 54.6. The third-order valence-corrected chi connectivity index (χ3v) is 24.9. The van der Waals surface area contributed by atoms with Crippen LogP contribution < -0.4 is 0 Å². The van der Waals surface area contributed by atoms with E-state index in [0.29, 0.717) is 45.9 Å². The zero-order valence-electron chi connectivity index (χ0n) is 74.8. The lowest BCUT2D eigenvalue weighted by Gasteiger charge is -2.21. The van der Waals surface area contributed by atoms with Crippen molar-refractivity contribution in [1.29, 1.82) is 0 Å². The predicted molar refractivity (Wildman–Crippen MR) is 509 cm³/mol. The van der Waals surface area contributed by atoms with Crippen molar-refractivity contribution in [3.63, 3.8) is 0 Å². The molecule has 0 unspecified atom stereocenters. The van der Waals surface area contributed by atoms with Gasteiger partial charge in [0.2, 0.25) is 0 Å². The van der Waals surface area contributed by atoms with E-state index in [1.54, 1.807) is 0 Å². The van der Waals surface area contributed by atoms with Gasteiger partial charge in [0.05, 0.1) is 0 Å². The first-order chi connectivity index (χ1) is 56.4. The molecule has 0 saturated heterocycles. The molecule has 12 aromatic carbocycles. The van der Waals surface area contributed by atoms with Crippen molar-refractivity contribution in [3.8, 4) is 135 Å². The molecule has 0 radical (unpaired) electrons. The molecule has 17 rings (SSSR count). The van der Waals surface area contributed by atoms with E-state index in [1.165, 1.54) is 44.5 Å². The van der Waals surface area contributed by atoms with E-state index in [1.807, 2.05) is 0 Å². The van der Waals surface area contributed by atoms with Gasteiger partial charge in [0.25, 0.3) is 0 Å².